The molecule has 4 N–H and O–H groups in total. The van der Waals surface area contributed by atoms with E-state index in [1.165, 1.54) is 0 Å². The highest BCUT2D eigenvalue weighted by atomic mass is 16.3. The zero-order valence-corrected chi connectivity index (χ0v) is 12.7. The highest BCUT2D eigenvalue weighted by molar-refractivity contribution is 5.79. The van der Waals surface area contributed by atoms with Crippen LogP contribution in [0.1, 0.15) is 0 Å². The average molecular weight is 317 g/mol. The lowest BCUT2D eigenvalue weighted by atomic mass is 10.1. The van der Waals surface area contributed by atoms with Crippen molar-refractivity contribution in [3.63, 3.8) is 0 Å². The summed E-state index contributed by atoms with van der Waals surface area (Å²) < 4.78 is 1.71. The molecular formula is C18H15N5O. The monoisotopic (exact) mass is 317 g/mol. The SMILES string of the molecule is Nc1cccc(-c2cnn3ccc(Nc4cccc(O)c4)nc23)c1. The molecule has 2 heterocycles. The van der Waals surface area contributed by atoms with Crippen molar-refractivity contribution in [3.05, 3.63) is 67.0 Å². The van der Waals surface area contributed by atoms with Crippen molar-refractivity contribution in [1.82, 2.24) is 14.6 Å². The Labute approximate surface area is 138 Å². The third-order valence-corrected chi connectivity index (χ3v) is 3.69. The van der Waals surface area contributed by atoms with Gasteiger partial charge in [-0.1, -0.05) is 18.2 Å². The van der Waals surface area contributed by atoms with Gasteiger partial charge < -0.3 is 16.2 Å². The molecule has 0 spiro atoms. The zero-order chi connectivity index (χ0) is 16.5. The summed E-state index contributed by atoms with van der Waals surface area (Å²) in [6, 6.07) is 16.3. The van der Waals surface area contributed by atoms with Gasteiger partial charge in [0.05, 0.1) is 6.20 Å². The summed E-state index contributed by atoms with van der Waals surface area (Å²) in [5.41, 5.74) is 9.92. The number of nitrogens with two attached hydrogens (primary N) is 1. The number of aromatic hydroxyl groups is 1. The maximum Gasteiger partial charge on any atom is 0.165 e. The van der Waals surface area contributed by atoms with E-state index < -0.39 is 0 Å². The predicted molar refractivity (Wildman–Crippen MR) is 94.2 cm³/mol. The van der Waals surface area contributed by atoms with Gasteiger partial charge in [0.1, 0.15) is 11.6 Å². The Balaban J connectivity index is 1.76. The van der Waals surface area contributed by atoms with E-state index in [0.29, 0.717) is 11.5 Å². The van der Waals surface area contributed by atoms with E-state index in [4.69, 9.17) is 5.73 Å². The molecule has 0 atom stereocenters. The molecule has 6 nitrogen and oxygen atoms in total. The number of hydrogen-bond acceptors (Lipinski definition) is 5. The van der Waals surface area contributed by atoms with Crippen LogP contribution >= 0.6 is 0 Å². The van der Waals surface area contributed by atoms with Gasteiger partial charge in [-0.2, -0.15) is 5.10 Å². The summed E-state index contributed by atoms with van der Waals surface area (Å²) in [7, 11) is 0. The van der Waals surface area contributed by atoms with Crippen LogP contribution in [0.25, 0.3) is 16.8 Å². The first-order chi connectivity index (χ1) is 11.7. The Morgan fingerprint density at radius 2 is 1.92 bits per heavy atom. The van der Waals surface area contributed by atoms with Gasteiger partial charge in [0.15, 0.2) is 5.65 Å². The fourth-order valence-electron chi connectivity index (χ4n) is 2.58. The summed E-state index contributed by atoms with van der Waals surface area (Å²) in [6.45, 7) is 0. The standard InChI is InChI=1S/C18H15N5O/c19-13-4-1-3-12(9-13)16-11-20-23-8-7-17(22-18(16)23)21-14-5-2-6-15(24)10-14/h1-11,24H,19H2,(H,21,22). The van der Waals surface area contributed by atoms with Crippen LogP contribution in [-0.4, -0.2) is 19.7 Å². The highest BCUT2D eigenvalue weighted by Crippen LogP contribution is 2.26. The fourth-order valence-corrected chi connectivity index (χ4v) is 2.58. The van der Waals surface area contributed by atoms with Crippen molar-refractivity contribution in [1.29, 1.82) is 0 Å². The van der Waals surface area contributed by atoms with Gasteiger partial charge in [0, 0.05) is 29.2 Å². The van der Waals surface area contributed by atoms with E-state index >= 15 is 0 Å². The number of benzene rings is 2. The van der Waals surface area contributed by atoms with Crippen molar-refractivity contribution < 1.29 is 5.11 Å². The first-order valence-corrected chi connectivity index (χ1v) is 7.45. The molecule has 4 aromatic rings. The number of anilines is 3. The van der Waals surface area contributed by atoms with Crippen molar-refractivity contribution >= 4 is 22.8 Å². The smallest absolute Gasteiger partial charge is 0.165 e. The van der Waals surface area contributed by atoms with Crippen LogP contribution in [0.15, 0.2) is 67.0 Å². The van der Waals surface area contributed by atoms with Gasteiger partial charge in [0.25, 0.3) is 0 Å². The van der Waals surface area contributed by atoms with E-state index in [2.05, 4.69) is 15.4 Å². The number of nitrogen functional groups attached to an aromatic ring is 1. The fraction of sp³-hybridized carbons (Fsp3) is 0. The average Bonchev–Trinajstić information content (AvgIpc) is 2.98. The first-order valence-electron chi connectivity index (χ1n) is 7.45. The molecule has 0 aliphatic carbocycles. The second-order valence-corrected chi connectivity index (χ2v) is 5.44. The number of phenols is 1. The molecule has 6 heteroatoms. The van der Waals surface area contributed by atoms with E-state index in [1.54, 1.807) is 28.9 Å². The molecule has 0 fully saturated rings. The van der Waals surface area contributed by atoms with Crippen molar-refractivity contribution in [3.8, 4) is 16.9 Å². The number of fused-ring (bicyclic) bond motifs is 1. The molecule has 2 aromatic carbocycles. The Hall–Kier alpha value is -3.54. The van der Waals surface area contributed by atoms with Crippen LogP contribution in [0, 0.1) is 0 Å². The minimum Gasteiger partial charge on any atom is -0.508 e. The van der Waals surface area contributed by atoms with Crippen molar-refractivity contribution in [2.45, 2.75) is 0 Å². The van der Waals surface area contributed by atoms with Gasteiger partial charge in [0.2, 0.25) is 0 Å². The number of rotatable bonds is 3. The molecule has 4 rings (SSSR count). The molecule has 0 saturated carbocycles. The first kappa shape index (κ1) is 14.1. The molecule has 0 radical (unpaired) electrons. The maximum atomic E-state index is 9.56. The van der Waals surface area contributed by atoms with E-state index in [-0.39, 0.29) is 5.75 Å². The third-order valence-electron chi connectivity index (χ3n) is 3.69. The molecule has 0 unspecified atom stereocenters. The molecule has 2 aromatic heterocycles. The summed E-state index contributed by atoms with van der Waals surface area (Å²) in [5, 5.41) is 17.1. The highest BCUT2D eigenvalue weighted by Gasteiger charge is 2.09. The van der Waals surface area contributed by atoms with E-state index in [1.807, 2.05) is 42.6 Å². The molecular weight excluding hydrogens is 302 g/mol. The maximum absolute atomic E-state index is 9.56. The number of aromatic nitrogens is 3. The van der Waals surface area contributed by atoms with E-state index in [0.717, 1.165) is 22.5 Å². The Morgan fingerprint density at radius 3 is 2.75 bits per heavy atom. The molecule has 0 aliphatic heterocycles. The summed E-state index contributed by atoms with van der Waals surface area (Å²) in [5.74, 6) is 0.865. The molecule has 0 saturated heterocycles. The van der Waals surface area contributed by atoms with Gasteiger partial charge in [-0.15, -0.1) is 0 Å². The number of nitrogens with zero attached hydrogens (tertiary/aromatic N) is 3. The molecule has 0 aliphatic rings. The van der Waals surface area contributed by atoms with Gasteiger partial charge in [-0.05, 0) is 35.9 Å². The van der Waals surface area contributed by atoms with Crippen LogP contribution in [0.4, 0.5) is 17.2 Å². The largest absolute Gasteiger partial charge is 0.508 e. The second kappa shape index (κ2) is 5.58. The quantitative estimate of drug-likeness (QED) is 0.504. The minimum atomic E-state index is 0.200. The van der Waals surface area contributed by atoms with Gasteiger partial charge in [-0.3, -0.25) is 0 Å². The van der Waals surface area contributed by atoms with Gasteiger partial charge in [-0.25, -0.2) is 9.50 Å². The topological polar surface area (TPSA) is 88.5 Å². The summed E-state index contributed by atoms with van der Waals surface area (Å²) in [6.07, 6.45) is 3.61. The second-order valence-electron chi connectivity index (χ2n) is 5.44. The number of nitrogens with one attached hydrogen (secondary N) is 1. The van der Waals surface area contributed by atoms with Crippen LogP contribution < -0.4 is 11.1 Å². The number of hydrogen-bond donors (Lipinski definition) is 3. The van der Waals surface area contributed by atoms with Crippen LogP contribution in [0.2, 0.25) is 0 Å². The lowest BCUT2D eigenvalue weighted by Crippen LogP contribution is -1.97. The molecule has 0 bridgehead atoms. The van der Waals surface area contributed by atoms with Gasteiger partial charge >= 0.3 is 0 Å². The van der Waals surface area contributed by atoms with Crippen LogP contribution in [-0.2, 0) is 0 Å². The summed E-state index contributed by atoms with van der Waals surface area (Å²) >= 11 is 0. The Kier molecular flexibility index (Phi) is 3.28. The molecule has 118 valence electrons. The number of phenolic OH excluding ortho intramolecular Hbond substituents is 1. The zero-order valence-electron chi connectivity index (χ0n) is 12.7. The Bertz CT molecular complexity index is 1020. The Morgan fingerprint density at radius 1 is 1.04 bits per heavy atom. The van der Waals surface area contributed by atoms with Crippen molar-refractivity contribution in [2.75, 3.05) is 11.1 Å². The molecule has 24 heavy (non-hydrogen) atoms. The predicted octanol–water partition coefficient (Wildman–Crippen LogP) is 3.43. The lowest BCUT2D eigenvalue weighted by molar-refractivity contribution is 0.475. The van der Waals surface area contributed by atoms with E-state index in [9.17, 15) is 5.11 Å². The minimum absolute atomic E-state index is 0.200. The lowest BCUT2D eigenvalue weighted by Gasteiger charge is -2.07. The third kappa shape index (κ3) is 2.61. The van der Waals surface area contributed by atoms with Crippen LogP contribution in [0.5, 0.6) is 5.75 Å². The molecule has 0 amide bonds. The normalized spacial score (nSPS) is 10.8. The van der Waals surface area contributed by atoms with Crippen molar-refractivity contribution in [2.24, 2.45) is 0 Å². The summed E-state index contributed by atoms with van der Waals surface area (Å²) in [4.78, 5) is 4.63. The van der Waals surface area contributed by atoms with Crippen LogP contribution in [0.3, 0.4) is 0 Å².